The summed E-state index contributed by atoms with van der Waals surface area (Å²) in [7, 11) is 0. The van der Waals surface area contributed by atoms with Crippen molar-refractivity contribution in [3.05, 3.63) is 6.61 Å². The van der Waals surface area contributed by atoms with Crippen molar-refractivity contribution in [3.8, 4) is 0 Å². The average Bonchev–Trinajstić information content (AvgIpc) is 1.87. The molecule has 1 heterocycles. The normalized spacial score (nSPS) is 25.6. The van der Waals surface area contributed by atoms with Crippen LogP contribution in [0.25, 0.3) is 0 Å². The molecule has 0 spiro atoms. The minimum Gasteiger partial charge on any atom is -0.602 e. The summed E-state index contributed by atoms with van der Waals surface area (Å²) in [5.41, 5.74) is 0. The van der Waals surface area contributed by atoms with Gasteiger partial charge in [0.2, 0.25) is 0 Å². The molecule has 3 nitrogen and oxygen atoms in total. The van der Waals surface area contributed by atoms with Crippen molar-refractivity contribution in [2.45, 2.75) is 13.0 Å². The van der Waals surface area contributed by atoms with E-state index in [9.17, 15) is 4.79 Å². The van der Waals surface area contributed by atoms with Crippen LogP contribution in [0.15, 0.2) is 0 Å². The van der Waals surface area contributed by atoms with Crippen LogP contribution in [0.2, 0.25) is 0 Å². The Morgan fingerprint density at radius 2 is 2.38 bits per heavy atom. The zero-order valence-corrected chi connectivity index (χ0v) is 7.30. The first-order valence-corrected chi connectivity index (χ1v) is 1.99. The summed E-state index contributed by atoms with van der Waals surface area (Å²) < 4.78 is 8.72. The molecule has 8 heavy (non-hydrogen) atoms. The third-order valence-electron chi connectivity index (χ3n) is 0.638. The van der Waals surface area contributed by atoms with Crippen LogP contribution in [0.5, 0.6) is 0 Å². The molecule has 1 atom stereocenters. The van der Waals surface area contributed by atoms with E-state index in [4.69, 9.17) is 0 Å². The molecule has 0 N–H and O–H groups in total. The predicted octanol–water partition coefficient (Wildman–Crippen LogP) is 0.701. The van der Waals surface area contributed by atoms with Gasteiger partial charge in [0.25, 0.3) is 0 Å². The smallest absolute Gasteiger partial charge is 0.473 e. The summed E-state index contributed by atoms with van der Waals surface area (Å²) in [4.78, 5) is 9.98. The number of cyclic esters (lactones) is 2. The van der Waals surface area contributed by atoms with Crippen LogP contribution in [0.1, 0.15) is 6.92 Å². The Balaban J connectivity index is 0.000000490. The first-order valence-electron chi connectivity index (χ1n) is 1.99. The van der Waals surface area contributed by atoms with E-state index in [-0.39, 0.29) is 38.8 Å². The van der Waals surface area contributed by atoms with Gasteiger partial charge in [0.1, 0.15) is 0 Å². The molecule has 1 unspecified atom stereocenters. The van der Waals surface area contributed by atoms with Crippen LogP contribution in [-0.2, 0) is 42.2 Å². The molecule has 0 aromatic heterocycles. The average molecular weight is 190 g/mol. The van der Waals surface area contributed by atoms with Crippen molar-refractivity contribution in [2.75, 3.05) is 0 Å². The summed E-state index contributed by atoms with van der Waals surface area (Å²) >= 11 is 0. The molecule has 1 aliphatic heterocycles. The van der Waals surface area contributed by atoms with Crippen LogP contribution in [0.4, 0.5) is 4.79 Å². The second-order valence-electron chi connectivity index (χ2n) is 1.33. The zero-order valence-electron chi connectivity index (χ0n) is 4.46. The summed E-state index contributed by atoms with van der Waals surface area (Å²) in [5, 5.41) is 0. The van der Waals surface area contributed by atoms with Crippen LogP contribution >= 0.6 is 0 Å². The molecule has 43 valence electrons. The van der Waals surface area contributed by atoms with Crippen molar-refractivity contribution in [1.29, 1.82) is 0 Å². The van der Waals surface area contributed by atoms with E-state index in [1.54, 1.807) is 6.92 Å². The maximum atomic E-state index is 9.98. The SMILES string of the molecule is CC1[CH-]OC(=O)O1.[Y]. The Morgan fingerprint density at radius 1 is 1.75 bits per heavy atom. The van der Waals surface area contributed by atoms with Gasteiger partial charge in [0.05, 0.1) is 0 Å². The van der Waals surface area contributed by atoms with Crippen LogP contribution in [0.3, 0.4) is 0 Å². The topological polar surface area (TPSA) is 35.5 Å². The molecular weight excluding hydrogens is 185 g/mol. The fourth-order valence-corrected chi connectivity index (χ4v) is 0.359. The molecule has 1 fully saturated rings. The van der Waals surface area contributed by atoms with Crippen molar-refractivity contribution in [3.63, 3.8) is 0 Å². The molecule has 1 saturated heterocycles. The Kier molecular flexibility index (Phi) is 3.57. The number of hydrogen-bond acceptors (Lipinski definition) is 3. The van der Waals surface area contributed by atoms with Crippen LogP contribution in [-0.4, -0.2) is 12.3 Å². The minimum absolute atomic E-state index is 0. The third-order valence-corrected chi connectivity index (χ3v) is 0.638. The molecule has 0 aliphatic carbocycles. The first-order chi connectivity index (χ1) is 3.29. The van der Waals surface area contributed by atoms with Gasteiger partial charge in [-0.1, -0.05) is 6.92 Å². The number of carbonyl (C=O) groups excluding carboxylic acids is 1. The number of carbonyl (C=O) groups is 1. The molecule has 1 rings (SSSR count). The van der Waals surface area contributed by atoms with Crippen molar-refractivity contribution in [1.82, 2.24) is 0 Å². The fraction of sp³-hybridized carbons (Fsp3) is 0.500. The molecule has 0 amide bonds. The van der Waals surface area contributed by atoms with Gasteiger partial charge in [0, 0.05) is 38.8 Å². The third kappa shape index (κ3) is 2.09. The van der Waals surface area contributed by atoms with E-state index in [0.717, 1.165) is 0 Å². The molecule has 0 aromatic rings. The quantitative estimate of drug-likeness (QED) is 0.416. The standard InChI is InChI=1S/C4H5O3.Y/c1-3-2-6-4(5)7-3;/h2-3H,1H3;/q-1;. The maximum absolute atomic E-state index is 9.98. The van der Waals surface area contributed by atoms with Crippen LogP contribution < -0.4 is 0 Å². The second kappa shape index (κ2) is 3.41. The summed E-state index contributed by atoms with van der Waals surface area (Å²) in [6.45, 7) is 3.08. The Labute approximate surface area is 72.6 Å². The zero-order chi connectivity index (χ0) is 5.28. The van der Waals surface area contributed by atoms with Gasteiger partial charge in [-0.2, -0.15) is 0 Å². The predicted molar refractivity (Wildman–Crippen MR) is 21.3 cm³/mol. The molecule has 1 aliphatic rings. The van der Waals surface area contributed by atoms with Gasteiger partial charge in [-0.05, 0) is 0 Å². The Hall–Kier alpha value is 0.374. The van der Waals surface area contributed by atoms with Crippen molar-refractivity contribution >= 4 is 6.16 Å². The van der Waals surface area contributed by atoms with Crippen molar-refractivity contribution < 1.29 is 47.0 Å². The Bertz CT molecular complexity index is 93.3. The van der Waals surface area contributed by atoms with Gasteiger partial charge in [-0.15, -0.1) is 6.61 Å². The molecule has 4 heteroatoms. The first kappa shape index (κ1) is 8.37. The summed E-state index contributed by atoms with van der Waals surface area (Å²) in [5.74, 6) is 0. The number of hydrogen-bond donors (Lipinski definition) is 0. The van der Waals surface area contributed by atoms with Gasteiger partial charge < -0.3 is 9.47 Å². The Morgan fingerprint density at radius 3 is 2.50 bits per heavy atom. The van der Waals surface area contributed by atoms with E-state index in [1.165, 1.54) is 6.61 Å². The van der Waals surface area contributed by atoms with Crippen LogP contribution in [0, 0.1) is 6.61 Å². The molecule has 0 saturated carbocycles. The maximum Gasteiger partial charge on any atom is 0.473 e. The molecule has 0 aromatic carbocycles. The number of rotatable bonds is 0. The van der Waals surface area contributed by atoms with Gasteiger partial charge in [-0.25, -0.2) is 4.79 Å². The van der Waals surface area contributed by atoms with E-state index < -0.39 is 6.16 Å². The summed E-state index contributed by atoms with van der Waals surface area (Å²) in [6.07, 6.45) is -0.778. The monoisotopic (exact) mass is 190 g/mol. The second-order valence-corrected chi connectivity index (χ2v) is 1.33. The van der Waals surface area contributed by atoms with E-state index in [2.05, 4.69) is 9.47 Å². The van der Waals surface area contributed by atoms with E-state index >= 15 is 0 Å². The fourth-order valence-electron chi connectivity index (χ4n) is 0.359. The molecular formula is C4H5O3Y-. The van der Waals surface area contributed by atoms with E-state index in [1.807, 2.05) is 0 Å². The van der Waals surface area contributed by atoms with Gasteiger partial charge in [0.15, 0.2) is 0 Å². The number of ether oxygens (including phenoxy) is 2. The van der Waals surface area contributed by atoms with E-state index in [0.29, 0.717) is 0 Å². The molecule has 0 bridgehead atoms. The largest absolute Gasteiger partial charge is 0.602 e. The molecule has 1 radical (unpaired) electrons. The minimum atomic E-state index is -0.604. The van der Waals surface area contributed by atoms with Gasteiger partial charge in [-0.3, -0.25) is 0 Å². The van der Waals surface area contributed by atoms with Gasteiger partial charge >= 0.3 is 6.16 Å². The van der Waals surface area contributed by atoms with Crippen molar-refractivity contribution in [2.24, 2.45) is 0 Å². The summed E-state index contributed by atoms with van der Waals surface area (Å²) in [6, 6.07) is 0.